The van der Waals surface area contributed by atoms with Crippen LogP contribution >= 0.6 is 0 Å². The number of anilines is 3. The molecular weight excluding hydrogens is 426 g/mol. The Hall–Kier alpha value is -4.06. The number of amides is 2. The molecule has 0 unspecified atom stereocenters. The second-order valence-electron chi connectivity index (χ2n) is 8.83. The van der Waals surface area contributed by atoms with Gasteiger partial charge < -0.3 is 15.0 Å². The van der Waals surface area contributed by atoms with Crippen molar-refractivity contribution in [3.63, 3.8) is 0 Å². The Bertz CT molecular complexity index is 1200. The number of benzene rings is 3. The van der Waals surface area contributed by atoms with Crippen LogP contribution in [0, 0.1) is 5.92 Å². The van der Waals surface area contributed by atoms with E-state index in [9.17, 15) is 9.59 Å². The summed E-state index contributed by atoms with van der Waals surface area (Å²) >= 11 is 0. The third-order valence-electron chi connectivity index (χ3n) is 5.48. The van der Waals surface area contributed by atoms with E-state index in [1.54, 1.807) is 12.1 Å². The van der Waals surface area contributed by atoms with Gasteiger partial charge in [-0.25, -0.2) is 4.90 Å². The van der Waals surface area contributed by atoms with Crippen molar-refractivity contribution in [3.8, 4) is 5.75 Å². The average Bonchev–Trinajstić information content (AvgIpc) is 3.08. The number of para-hydroxylation sites is 1. The first kappa shape index (κ1) is 23.1. The summed E-state index contributed by atoms with van der Waals surface area (Å²) in [4.78, 5) is 30.2. The van der Waals surface area contributed by atoms with Gasteiger partial charge in [-0.15, -0.1) is 0 Å². The van der Waals surface area contributed by atoms with Gasteiger partial charge in [-0.2, -0.15) is 0 Å². The van der Waals surface area contributed by atoms with Gasteiger partial charge in [0, 0.05) is 25.5 Å². The van der Waals surface area contributed by atoms with Crippen LogP contribution in [0.4, 0.5) is 17.1 Å². The van der Waals surface area contributed by atoms with Gasteiger partial charge in [0.2, 0.25) is 0 Å². The maximum Gasteiger partial charge on any atom is 0.282 e. The number of imide groups is 1. The molecule has 174 valence electrons. The van der Waals surface area contributed by atoms with E-state index in [1.807, 2.05) is 85.7 Å². The molecule has 1 aliphatic heterocycles. The second kappa shape index (κ2) is 9.83. The highest BCUT2D eigenvalue weighted by molar-refractivity contribution is 6.46. The maximum absolute atomic E-state index is 13.5. The molecule has 0 saturated heterocycles. The summed E-state index contributed by atoms with van der Waals surface area (Å²) in [7, 11) is 3.93. The molecule has 0 fully saturated rings. The molecule has 0 aromatic heterocycles. The molecule has 3 aromatic carbocycles. The quantitative estimate of drug-likeness (QED) is 0.474. The van der Waals surface area contributed by atoms with Crippen molar-refractivity contribution in [2.24, 2.45) is 5.92 Å². The lowest BCUT2D eigenvalue weighted by atomic mass is 10.0. The van der Waals surface area contributed by atoms with Gasteiger partial charge in [-0.3, -0.25) is 9.59 Å². The first-order chi connectivity index (χ1) is 16.3. The molecule has 6 heteroatoms. The third-order valence-corrected chi connectivity index (χ3v) is 5.48. The van der Waals surface area contributed by atoms with E-state index < -0.39 is 0 Å². The molecule has 0 saturated carbocycles. The molecule has 1 aliphatic rings. The lowest BCUT2D eigenvalue weighted by Crippen LogP contribution is -2.32. The normalized spacial score (nSPS) is 13.6. The summed E-state index contributed by atoms with van der Waals surface area (Å²) in [5.41, 5.74) is 3.54. The fourth-order valence-electron chi connectivity index (χ4n) is 3.69. The maximum atomic E-state index is 13.5. The SMILES string of the molecule is CC(C)COc1ccc(C2=C(Nc3ccc(N(C)C)cc3)C(=O)N(c3ccccc3)C2=O)cc1. The van der Waals surface area contributed by atoms with Crippen LogP contribution in [0.25, 0.3) is 5.57 Å². The van der Waals surface area contributed by atoms with E-state index in [0.29, 0.717) is 29.3 Å². The van der Waals surface area contributed by atoms with E-state index in [4.69, 9.17) is 4.74 Å². The fraction of sp³-hybridized carbons (Fsp3) is 0.214. The number of ether oxygens (including phenoxy) is 1. The van der Waals surface area contributed by atoms with Crippen molar-refractivity contribution >= 4 is 34.4 Å². The molecule has 0 aliphatic carbocycles. The molecule has 0 radical (unpaired) electrons. The number of nitrogens with one attached hydrogen (secondary N) is 1. The number of carbonyl (C=O) groups excluding carboxylic acids is 2. The lowest BCUT2D eigenvalue weighted by Gasteiger charge is -2.16. The summed E-state index contributed by atoms with van der Waals surface area (Å²) in [5.74, 6) is 0.386. The summed E-state index contributed by atoms with van der Waals surface area (Å²) in [6.07, 6.45) is 0. The van der Waals surface area contributed by atoms with Crippen LogP contribution in [0.5, 0.6) is 5.75 Å². The molecule has 6 nitrogen and oxygen atoms in total. The average molecular weight is 456 g/mol. The fourth-order valence-corrected chi connectivity index (χ4v) is 3.69. The molecule has 2 amide bonds. The van der Waals surface area contributed by atoms with Crippen LogP contribution < -0.4 is 19.9 Å². The van der Waals surface area contributed by atoms with E-state index in [2.05, 4.69) is 19.2 Å². The Morgan fingerprint density at radius 2 is 1.50 bits per heavy atom. The monoisotopic (exact) mass is 455 g/mol. The molecule has 3 aromatic rings. The summed E-state index contributed by atoms with van der Waals surface area (Å²) < 4.78 is 5.78. The Labute approximate surface area is 200 Å². The van der Waals surface area contributed by atoms with Crippen molar-refractivity contribution in [2.45, 2.75) is 13.8 Å². The summed E-state index contributed by atoms with van der Waals surface area (Å²) in [6, 6.07) is 24.0. The van der Waals surface area contributed by atoms with E-state index in [-0.39, 0.29) is 17.5 Å². The van der Waals surface area contributed by atoms with Gasteiger partial charge in [0.25, 0.3) is 11.8 Å². The Kier molecular flexibility index (Phi) is 6.68. The zero-order chi connectivity index (χ0) is 24.2. The first-order valence-electron chi connectivity index (χ1n) is 11.3. The van der Waals surface area contributed by atoms with Crippen molar-refractivity contribution in [1.82, 2.24) is 0 Å². The second-order valence-corrected chi connectivity index (χ2v) is 8.83. The van der Waals surface area contributed by atoms with Crippen molar-refractivity contribution < 1.29 is 14.3 Å². The largest absolute Gasteiger partial charge is 0.493 e. The predicted octanol–water partition coefficient (Wildman–Crippen LogP) is 5.18. The number of carbonyl (C=O) groups is 2. The van der Waals surface area contributed by atoms with Crippen LogP contribution in [-0.4, -0.2) is 32.5 Å². The molecule has 0 atom stereocenters. The molecule has 1 N–H and O–H groups in total. The van der Waals surface area contributed by atoms with Gasteiger partial charge in [0.05, 0.1) is 17.9 Å². The topological polar surface area (TPSA) is 61.9 Å². The van der Waals surface area contributed by atoms with Crippen LogP contribution in [0.3, 0.4) is 0 Å². The zero-order valence-corrected chi connectivity index (χ0v) is 19.9. The highest BCUT2D eigenvalue weighted by Gasteiger charge is 2.40. The number of rotatable bonds is 8. The van der Waals surface area contributed by atoms with Gasteiger partial charge >= 0.3 is 0 Å². The molecule has 34 heavy (non-hydrogen) atoms. The Balaban J connectivity index is 1.71. The molecular formula is C28H29N3O3. The van der Waals surface area contributed by atoms with E-state index in [1.165, 1.54) is 4.90 Å². The van der Waals surface area contributed by atoms with Gasteiger partial charge in [-0.1, -0.05) is 44.2 Å². The minimum absolute atomic E-state index is 0.252. The zero-order valence-electron chi connectivity index (χ0n) is 19.9. The smallest absolute Gasteiger partial charge is 0.282 e. The first-order valence-corrected chi connectivity index (χ1v) is 11.3. The van der Waals surface area contributed by atoms with Gasteiger partial charge in [-0.05, 0) is 60.0 Å². The predicted molar refractivity (Wildman–Crippen MR) is 137 cm³/mol. The van der Waals surface area contributed by atoms with Gasteiger partial charge in [0.1, 0.15) is 11.4 Å². The van der Waals surface area contributed by atoms with Crippen molar-refractivity contribution in [3.05, 3.63) is 90.1 Å². The van der Waals surface area contributed by atoms with Crippen LogP contribution in [0.2, 0.25) is 0 Å². The van der Waals surface area contributed by atoms with Crippen molar-refractivity contribution in [1.29, 1.82) is 0 Å². The molecule has 0 spiro atoms. The highest BCUT2D eigenvalue weighted by atomic mass is 16.5. The number of hydrogen-bond donors (Lipinski definition) is 1. The highest BCUT2D eigenvalue weighted by Crippen LogP contribution is 2.34. The van der Waals surface area contributed by atoms with Crippen LogP contribution in [0.15, 0.2) is 84.6 Å². The third kappa shape index (κ3) is 4.81. The minimum Gasteiger partial charge on any atom is -0.493 e. The van der Waals surface area contributed by atoms with Crippen LogP contribution in [0.1, 0.15) is 19.4 Å². The lowest BCUT2D eigenvalue weighted by molar-refractivity contribution is -0.120. The van der Waals surface area contributed by atoms with E-state index in [0.717, 1.165) is 17.1 Å². The van der Waals surface area contributed by atoms with Crippen LogP contribution in [-0.2, 0) is 9.59 Å². The van der Waals surface area contributed by atoms with Crippen molar-refractivity contribution in [2.75, 3.05) is 35.8 Å². The van der Waals surface area contributed by atoms with Gasteiger partial charge in [0.15, 0.2) is 0 Å². The minimum atomic E-state index is -0.386. The molecule has 0 bridgehead atoms. The standard InChI is InChI=1S/C28H29N3O3/c1-19(2)18-34-24-16-10-20(11-17-24)25-26(29-21-12-14-22(15-13-21)30(3)4)28(33)31(27(25)32)23-8-6-5-7-9-23/h5-17,19,29H,18H2,1-4H3. The number of nitrogens with zero attached hydrogens (tertiary/aromatic N) is 2. The molecule has 1 heterocycles. The summed E-state index contributed by atoms with van der Waals surface area (Å²) in [6.45, 7) is 4.78. The Morgan fingerprint density at radius 3 is 2.09 bits per heavy atom. The van der Waals surface area contributed by atoms with E-state index >= 15 is 0 Å². The summed E-state index contributed by atoms with van der Waals surface area (Å²) in [5, 5.41) is 3.21. The number of hydrogen-bond acceptors (Lipinski definition) is 5. The molecule has 4 rings (SSSR count). The Morgan fingerprint density at radius 1 is 0.853 bits per heavy atom.